The van der Waals surface area contributed by atoms with Gasteiger partial charge in [0.25, 0.3) is 0 Å². The molecule has 0 unspecified atom stereocenters. The first-order valence-corrected chi connectivity index (χ1v) is 8.06. The van der Waals surface area contributed by atoms with Crippen molar-refractivity contribution < 1.29 is 14.3 Å². The molecule has 1 aromatic rings. The van der Waals surface area contributed by atoms with Crippen molar-refractivity contribution in [3.8, 4) is 5.75 Å². The number of likely N-dealkylation sites (tertiary alicyclic amines) is 1. The molecule has 5 heteroatoms. The van der Waals surface area contributed by atoms with Crippen molar-refractivity contribution in [3.63, 3.8) is 0 Å². The Hall–Kier alpha value is -1.62. The zero-order valence-electron chi connectivity index (χ0n) is 13.2. The molecule has 1 aromatic heterocycles. The molecule has 120 valence electrons. The van der Waals surface area contributed by atoms with E-state index in [9.17, 15) is 4.79 Å². The first-order chi connectivity index (χ1) is 10.7. The predicted octanol–water partition coefficient (Wildman–Crippen LogP) is 2.13. The lowest BCUT2D eigenvalue weighted by Crippen LogP contribution is -2.50. The van der Waals surface area contributed by atoms with Gasteiger partial charge in [0.15, 0.2) is 0 Å². The van der Waals surface area contributed by atoms with Gasteiger partial charge in [0.05, 0.1) is 19.4 Å². The van der Waals surface area contributed by atoms with Crippen molar-refractivity contribution in [3.05, 3.63) is 24.5 Å². The van der Waals surface area contributed by atoms with E-state index in [4.69, 9.17) is 9.47 Å². The molecular weight excluding hydrogens is 280 g/mol. The molecule has 3 rings (SSSR count). The maximum absolute atomic E-state index is 11.5. The second-order valence-corrected chi connectivity index (χ2v) is 6.39. The van der Waals surface area contributed by atoms with Crippen LogP contribution < -0.4 is 4.74 Å². The molecular formula is C17H24N2O3. The van der Waals surface area contributed by atoms with Gasteiger partial charge in [-0.3, -0.25) is 9.78 Å². The van der Waals surface area contributed by atoms with E-state index in [0.717, 1.165) is 51.3 Å². The average molecular weight is 304 g/mol. The Morgan fingerprint density at radius 1 is 1.45 bits per heavy atom. The Kier molecular flexibility index (Phi) is 4.62. The zero-order chi connectivity index (χ0) is 15.4. The molecule has 2 aliphatic heterocycles. The highest BCUT2D eigenvalue weighted by Gasteiger charge is 2.44. The van der Waals surface area contributed by atoms with Gasteiger partial charge in [0.1, 0.15) is 5.75 Å². The summed E-state index contributed by atoms with van der Waals surface area (Å²) in [5.41, 5.74) is 0.256. The smallest absolute Gasteiger partial charge is 0.219 e. The van der Waals surface area contributed by atoms with Crippen LogP contribution in [0.3, 0.4) is 0 Å². The summed E-state index contributed by atoms with van der Waals surface area (Å²) in [6, 6.07) is 3.82. The summed E-state index contributed by atoms with van der Waals surface area (Å²) in [4.78, 5) is 17.6. The Morgan fingerprint density at radius 3 is 2.95 bits per heavy atom. The highest BCUT2D eigenvalue weighted by molar-refractivity contribution is 5.73. The van der Waals surface area contributed by atoms with E-state index in [1.165, 1.54) is 0 Å². The topological polar surface area (TPSA) is 51.7 Å². The molecule has 22 heavy (non-hydrogen) atoms. The van der Waals surface area contributed by atoms with Crippen LogP contribution in [0.15, 0.2) is 24.5 Å². The van der Waals surface area contributed by atoms with Crippen LogP contribution in [0, 0.1) is 11.3 Å². The van der Waals surface area contributed by atoms with Gasteiger partial charge in [0, 0.05) is 38.7 Å². The number of carbonyl (C=O) groups is 1. The Balaban J connectivity index is 1.63. The number of carbonyl (C=O) groups excluding carboxylic acids is 1. The first kappa shape index (κ1) is 15.3. The minimum atomic E-state index is 0.185. The standard InChI is InChI=1S/C17H24N2O3/c1-14(20)19-8-4-17(5-9-19)6-10-21-12-15(17)13-22-16-3-2-7-18-11-16/h2-3,7,11,15H,4-6,8-10,12-13H2,1H3/t15-/m0/s1. The van der Waals surface area contributed by atoms with Crippen LogP contribution in [-0.2, 0) is 9.53 Å². The third-order valence-corrected chi connectivity index (χ3v) is 5.22. The van der Waals surface area contributed by atoms with Gasteiger partial charge < -0.3 is 14.4 Å². The van der Waals surface area contributed by atoms with E-state index in [1.807, 2.05) is 17.0 Å². The van der Waals surface area contributed by atoms with Gasteiger partial charge in [0.2, 0.25) is 5.91 Å². The van der Waals surface area contributed by atoms with Crippen molar-refractivity contribution in [2.24, 2.45) is 11.3 Å². The third-order valence-electron chi connectivity index (χ3n) is 5.22. The molecule has 2 fully saturated rings. The third kappa shape index (κ3) is 3.24. The zero-order valence-corrected chi connectivity index (χ0v) is 13.2. The van der Waals surface area contributed by atoms with Crippen molar-refractivity contribution in [2.45, 2.75) is 26.2 Å². The van der Waals surface area contributed by atoms with Crippen LogP contribution >= 0.6 is 0 Å². The van der Waals surface area contributed by atoms with Crippen molar-refractivity contribution >= 4 is 5.91 Å². The molecule has 0 N–H and O–H groups in total. The van der Waals surface area contributed by atoms with Crippen LogP contribution in [0.2, 0.25) is 0 Å². The first-order valence-electron chi connectivity index (χ1n) is 8.06. The molecule has 2 saturated heterocycles. The number of hydrogen-bond donors (Lipinski definition) is 0. The molecule has 0 radical (unpaired) electrons. The van der Waals surface area contributed by atoms with Gasteiger partial charge in [-0.05, 0) is 36.8 Å². The quantitative estimate of drug-likeness (QED) is 0.858. The van der Waals surface area contributed by atoms with Crippen LogP contribution in [-0.4, -0.2) is 48.7 Å². The van der Waals surface area contributed by atoms with E-state index >= 15 is 0 Å². The SMILES string of the molecule is CC(=O)N1CCC2(CCOC[C@H]2COc2cccnc2)CC1. The highest BCUT2D eigenvalue weighted by atomic mass is 16.5. The van der Waals surface area contributed by atoms with Gasteiger partial charge in [-0.15, -0.1) is 0 Å². The van der Waals surface area contributed by atoms with Crippen LogP contribution in [0.25, 0.3) is 0 Å². The van der Waals surface area contributed by atoms with E-state index in [2.05, 4.69) is 4.98 Å². The summed E-state index contributed by atoms with van der Waals surface area (Å²) in [6.45, 7) is 5.61. The summed E-state index contributed by atoms with van der Waals surface area (Å²) in [5, 5.41) is 0. The molecule has 1 amide bonds. The largest absolute Gasteiger partial charge is 0.492 e. The van der Waals surface area contributed by atoms with E-state index in [-0.39, 0.29) is 11.3 Å². The maximum atomic E-state index is 11.5. The summed E-state index contributed by atoms with van der Waals surface area (Å²) >= 11 is 0. The average Bonchev–Trinajstić information content (AvgIpc) is 2.55. The maximum Gasteiger partial charge on any atom is 0.219 e. The molecule has 2 aliphatic rings. The van der Waals surface area contributed by atoms with Crippen molar-refractivity contribution in [1.82, 2.24) is 9.88 Å². The number of hydrogen-bond acceptors (Lipinski definition) is 4. The lowest BCUT2D eigenvalue weighted by molar-refractivity contribution is -0.135. The molecule has 5 nitrogen and oxygen atoms in total. The summed E-state index contributed by atoms with van der Waals surface area (Å²) < 4.78 is 11.6. The Labute approximate surface area is 131 Å². The van der Waals surface area contributed by atoms with E-state index < -0.39 is 0 Å². The number of piperidine rings is 1. The summed E-state index contributed by atoms with van der Waals surface area (Å²) in [5.74, 6) is 1.38. The van der Waals surface area contributed by atoms with Crippen LogP contribution in [0.1, 0.15) is 26.2 Å². The monoisotopic (exact) mass is 304 g/mol. The second kappa shape index (κ2) is 6.65. The Bertz CT molecular complexity index is 498. The summed E-state index contributed by atoms with van der Waals surface area (Å²) in [6.07, 6.45) is 6.66. The number of rotatable bonds is 3. The van der Waals surface area contributed by atoms with E-state index in [1.54, 1.807) is 19.3 Å². The Morgan fingerprint density at radius 2 is 2.27 bits per heavy atom. The van der Waals surface area contributed by atoms with Gasteiger partial charge in [-0.1, -0.05) is 0 Å². The molecule has 0 saturated carbocycles. The van der Waals surface area contributed by atoms with Gasteiger partial charge in [-0.25, -0.2) is 0 Å². The number of ether oxygens (including phenoxy) is 2. The van der Waals surface area contributed by atoms with Crippen LogP contribution in [0.4, 0.5) is 0 Å². The number of nitrogens with zero attached hydrogens (tertiary/aromatic N) is 2. The van der Waals surface area contributed by atoms with Gasteiger partial charge in [-0.2, -0.15) is 0 Å². The minimum Gasteiger partial charge on any atom is -0.492 e. The second-order valence-electron chi connectivity index (χ2n) is 6.39. The predicted molar refractivity (Wildman–Crippen MR) is 82.6 cm³/mol. The summed E-state index contributed by atoms with van der Waals surface area (Å²) in [7, 11) is 0. The van der Waals surface area contributed by atoms with Crippen LogP contribution in [0.5, 0.6) is 5.75 Å². The lowest BCUT2D eigenvalue weighted by Gasteiger charge is -2.48. The number of amides is 1. The molecule has 1 spiro atoms. The molecule has 3 heterocycles. The normalized spacial score (nSPS) is 24.2. The molecule has 1 atom stereocenters. The number of pyridine rings is 1. The van der Waals surface area contributed by atoms with Crippen molar-refractivity contribution in [2.75, 3.05) is 32.9 Å². The fourth-order valence-corrected chi connectivity index (χ4v) is 3.66. The number of aromatic nitrogens is 1. The minimum absolute atomic E-state index is 0.185. The highest BCUT2D eigenvalue weighted by Crippen LogP contribution is 2.44. The lowest BCUT2D eigenvalue weighted by atomic mass is 9.66. The van der Waals surface area contributed by atoms with E-state index in [0.29, 0.717) is 12.5 Å². The fraction of sp³-hybridized carbons (Fsp3) is 0.647. The molecule has 0 aromatic carbocycles. The van der Waals surface area contributed by atoms with Crippen molar-refractivity contribution in [1.29, 1.82) is 0 Å². The molecule has 0 aliphatic carbocycles. The fourth-order valence-electron chi connectivity index (χ4n) is 3.66. The van der Waals surface area contributed by atoms with Gasteiger partial charge >= 0.3 is 0 Å². The molecule has 0 bridgehead atoms.